The van der Waals surface area contributed by atoms with Crippen LogP contribution in [0.2, 0.25) is 5.02 Å². The Hall–Kier alpha value is -2.24. The second-order valence-corrected chi connectivity index (χ2v) is 5.45. The summed E-state index contributed by atoms with van der Waals surface area (Å²) in [4.78, 5) is 12.2. The number of hydrogen-bond acceptors (Lipinski definition) is 4. The van der Waals surface area contributed by atoms with E-state index in [0.717, 1.165) is 9.25 Å². The van der Waals surface area contributed by atoms with E-state index in [4.69, 9.17) is 16.9 Å². The Balaban J connectivity index is 2.52. The van der Waals surface area contributed by atoms with Crippen molar-refractivity contribution in [2.75, 3.05) is 0 Å². The molecule has 1 heterocycles. The molecule has 0 bridgehead atoms. The van der Waals surface area contributed by atoms with E-state index in [2.05, 4.69) is 5.10 Å². The zero-order valence-corrected chi connectivity index (χ0v) is 12.8. The lowest BCUT2D eigenvalue weighted by atomic mass is 10.2. The number of aliphatic hydroxyl groups excluding tert-OH is 1. The van der Waals surface area contributed by atoms with Crippen molar-refractivity contribution in [1.29, 1.82) is 5.26 Å². The Kier molecular flexibility index (Phi) is 4.82. The van der Waals surface area contributed by atoms with Crippen molar-refractivity contribution in [1.82, 2.24) is 14.3 Å². The molecule has 2 aromatic rings. The zero-order valence-electron chi connectivity index (χ0n) is 12.1. The number of benzene rings is 1. The van der Waals surface area contributed by atoms with Crippen LogP contribution in [0.15, 0.2) is 29.1 Å². The minimum atomic E-state index is -3.38. The summed E-state index contributed by atoms with van der Waals surface area (Å²) >= 11 is 5.79. The second-order valence-electron chi connectivity index (χ2n) is 5.01. The van der Waals surface area contributed by atoms with E-state index in [-0.39, 0.29) is 12.4 Å². The number of alkyl halides is 2. The Morgan fingerprint density at radius 3 is 2.57 bits per heavy atom. The minimum Gasteiger partial charge on any atom is -0.385 e. The van der Waals surface area contributed by atoms with Gasteiger partial charge < -0.3 is 5.11 Å². The summed E-state index contributed by atoms with van der Waals surface area (Å²) in [5, 5.41) is 22.7. The molecule has 1 aromatic carbocycles. The van der Waals surface area contributed by atoms with Gasteiger partial charge in [-0.25, -0.2) is 13.6 Å². The maximum atomic E-state index is 13.2. The number of rotatable bonds is 5. The van der Waals surface area contributed by atoms with Crippen molar-refractivity contribution in [3.05, 3.63) is 39.8 Å². The molecule has 0 aliphatic carbocycles. The summed E-state index contributed by atoms with van der Waals surface area (Å²) in [5.74, 6) is -3.31. The molecule has 9 heteroatoms. The van der Waals surface area contributed by atoms with Gasteiger partial charge in [-0.1, -0.05) is 11.6 Å². The van der Waals surface area contributed by atoms with Crippen molar-refractivity contribution < 1.29 is 13.9 Å². The fraction of sp³-hybridized carbons (Fsp3) is 0.357. The highest BCUT2D eigenvalue weighted by Crippen LogP contribution is 2.22. The molecule has 0 amide bonds. The van der Waals surface area contributed by atoms with Crippen LogP contribution in [0.5, 0.6) is 0 Å². The predicted octanol–water partition coefficient (Wildman–Crippen LogP) is 1.90. The number of aliphatic hydroxyl groups is 1. The highest BCUT2D eigenvalue weighted by molar-refractivity contribution is 6.30. The Bertz CT molecular complexity index is 787. The highest BCUT2D eigenvalue weighted by atomic mass is 35.5. The van der Waals surface area contributed by atoms with E-state index >= 15 is 0 Å². The van der Waals surface area contributed by atoms with Gasteiger partial charge in [-0.3, -0.25) is 4.57 Å². The molecule has 0 fully saturated rings. The molecule has 1 unspecified atom stereocenters. The first kappa shape index (κ1) is 17.1. The lowest BCUT2D eigenvalue weighted by molar-refractivity contribution is -0.0993. The molecule has 122 valence electrons. The molecule has 1 atom stereocenters. The van der Waals surface area contributed by atoms with E-state index in [1.807, 2.05) is 0 Å². The van der Waals surface area contributed by atoms with Gasteiger partial charge in [0, 0.05) is 17.5 Å². The van der Waals surface area contributed by atoms with Gasteiger partial charge in [0.2, 0.25) is 0 Å². The van der Waals surface area contributed by atoms with Gasteiger partial charge >= 0.3 is 5.69 Å². The molecule has 0 spiro atoms. The molecule has 0 aliphatic heterocycles. The molecule has 0 radical (unpaired) electrons. The third-order valence-corrected chi connectivity index (χ3v) is 3.44. The minimum absolute atomic E-state index is 0.0743. The van der Waals surface area contributed by atoms with Gasteiger partial charge in [-0.15, -0.1) is 5.10 Å². The maximum Gasteiger partial charge on any atom is 0.347 e. The fourth-order valence-electron chi connectivity index (χ4n) is 1.92. The van der Waals surface area contributed by atoms with Crippen LogP contribution in [0.3, 0.4) is 0 Å². The van der Waals surface area contributed by atoms with Gasteiger partial charge in [0.25, 0.3) is 5.92 Å². The third kappa shape index (κ3) is 3.75. The quantitative estimate of drug-likeness (QED) is 0.899. The molecule has 2 rings (SSSR count). The van der Waals surface area contributed by atoms with Crippen LogP contribution in [0.25, 0.3) is 11.4 Å². The van der Waals surface area contributed by atoms with Crippen molar-refractivity contribution in [3.8, 4) is 17.5 Å². The fourth-order valence-corrected chi connectivity index (χ4v) is 2.05. The highest BCUT2D eigenvalue weighted by Gasteiger charge is 2.34. The summed E-state index contributed by atoms with van der Waals surface area (Å²) in [6.45, 7) is -0.416. The van der Waals surface area contributed by atoms with Gasteiger partial charge in [0.1, 0.15) is 12.6 Å². The van der Waals surface area contributed by atoms with Crippen molar-refractivity contribution in [3.63, 3.8) is 0 Å². The first-order chi connectivity index (χ1) is 10.7. The standard InChI is InChI=1S/C14H13ClF2N4O2/c1-14(16,17)11(22)8-20-12(9-2-4-10(15)5-3-9)19-21(7-6-18)13(20)23/h2-5,11,22H,7-8H2,1H3. The second kappa shape index (κ2) is 6.48. The average molecular weight is 343 g/mol. The monoisotopic (exact) mass is 342 g/mol. The smallest absolute Gasteiger partial charge is 0.347 e. The lowest BCUT2D eigenvalue weighted by Crippen LogP contribution is -2.37. The molecule has 23 heavy (non-hydrogen) atoms. The average Bonchev–Trinajstić information content (AvgIpc) is 2.77. The first-order valence-corrected chi connectivity index (χ1v) is 6.98. The van der Waals surface area contributed by atoms with Crippen LogP contribution in [0, 0.1) is 11.3 Å². The number of halogens is 3. The number of nitrogens with zero attached hydrogens (tertiary/aromatic N) is 4. The molecule has 0 saturated carbocycles. The number of hydrogen-bond donors (Lipinski definition) is 1. The summed E-state index contributed by atoms with van der Waals surface area (Å²) in [7, 11) is 0. The first-order valence-electron chi connectivity index (χ1n) is 6.60. The van der Waals surface area contributed by atoms with Gasteiger partial charge in [0.15, 0.2) is 5.82 Å². The van der Waals surface area contributed by atoms with E-state index in [1.165, 1.54) is 0 Å². The van der Waals surface area contributed by atoms with Gasteiger partial charge in [0.05, 0.1) is 12.6 Å². The summed E-state index contributed by atoms with van der Waals surface area (Å²) < 4.78 is 28.2. The van der Waals surface area contributed by atoms with E-state index in [9.17, 15) is 18.7 Å². The Morgan fingerprint density at radius 1 is 1.43 bits per heavy atom. The Morgan fingerprint density at radius 2 is 2.04 bits per heavy atom. The van der Waals surface area contributed by atoms with Crippen LogP contribution in [0.4, 0.5) is 8.78 Å². The van der Waals surface area contributed by atoms with Crippen molar-refractivity contribution in [2.45, 2.75) is 32.0 Å². The van der Waals surface area contributed by atoms with Crippen LogP contribution in [-0.2, 0) is 13.1 Å². The van der Waals surface area contributed by atoms with E-state index < -0.39 is 24.3 Å². The number of aromatic nitrogens is 3. The van der Waals surface area contributed by atoms with E-state index in [1.54, 1.807) is 30.3 Å². The van der Waals surface area contributed by atoms with Gasteiger partial charge in [-0.05, 0) is 24.3 Å². The lowest BCUT2D eigenvalue weighted by Gasteiger charge is -2.18. The van der Waals surface area contributed by atoms with Crippen LogP contribution >= 0.6 is 11.6 Å². The maximum absolute atomic E-state index is 13.2. The molecule has 1 aromatic heterocycles. The molecule has 0 aliphatic rings. The predicted molar refractivity (Wildman–Crippen MR) is 79.2 cm³/mol. The SMILES string of the molecule is CC(F)(F)C(O)Cn1c(-c2ccc(Cl)cc2)nn(CC#N)c1=O. The summed E-state index contributed by atoms with van der Waals surface area (Å²) in [6, 6.07) is 8.00. The molecular weight excluding hydrogens is 330 g/mol. The molecule has 6 nitrogen and oxygen atoms in total. The van der Waals surface area contributed by atoms with Crippen molar-refractivity contribution in [2.24, 2.45) is 0 Å². The molecule has 1 N–H and O–H groups in total. The summed E-state index contributed by atoms with van der Waals surface area (Å²) in [5.41, 5.74) is -0.297. The van der Waals surface area contributed by atoms with Crippen LogP contribution in [-0.4, -0.2) is 31.5 Å². The van der Waals surface area contributed by atoms with E-state index in [0.29, 0.717) is 17.5 Å². The third-order valence-electron chi connectivity index (χ3n) is 3.19. The number of nitriles is 1. The van der Waals surface area contributed by atoms with Crippen LogP contribution < -0.4 is 5.69 Å². The normalized spacial score (nSPS) is 12.9. The molecular formula is C14H13ClF2N4O2. The van der Waals surface area contributed by atoms with Crippen LogP contribution in [0.1, 0.15) is 6.92 Å². The Labute approximate surface area is 135 Å². The molecule has 0 saturated heterocycles. The summed E-state index contributed by atoms with van der Waals surface area (Å²) in [6.07, 6.45) is -2.06. The van der Waals surface area contributed by atoms with Crippen molar-refractivity contribution >= 4 is 11.6 Å². The topological polar surface area (TPSA) is 83.8 Å². The zero-order chi connectivity index (χ0) is 17.2. The largest absolute Gasteiger partial charge is 0.385 e. The van der Waals surface area contributed by atoms with Gasteiger partial charge in [-0.2, -0.15) is 9.94 Å².